The number of carbonyl (C=O) groups excluding carboxylic acids is 1. The van der Waals surface area contributed by atoms with Crippen molar-refractivity contribution < 1.29 is 14.3 Å². The number of nitrogens with one attached hydrogen (secondary N) is 1. The number of hydrogen-bond donors (Lipinski definition) is 1. The first-order valence-corrected chi connectivity index (χ1v) is 12.2. The highest BCUT2D eigenvalue weighted by Crippen LogP contribution is 2.32. The van der Waals surface area contributed by atoms with E-state index in [2.05, 4.69) is 5.32 Å². The molecule has 2 aromatic carbocycles. The SMILES string of the molecule is CCn1c(=O)c(CCC(=O)NCc2ccc3c(c2)OCO3)c(C)c2c(C)nn(-c3ccc(C)cc3)c21. The van der Waals surface area contributed by atoms with Crippen LogP contribution in [0.5, 0.6) is 11.5 Å². The Morgan fingerprint density at radius 1 is 1.06 bits per heavy atom. The van der Waals surface area contributed by atoms with E-state index in [9.17, 15) is 9.59 Å². The van der Waals surface area contributed by atoms with Gasteiger partial charge in [-0.15, -0.1) is 0 Å². The minimum absolute atomic E-state index is 0.0701. The van der Waals surface area contributed by atoms with Crippen molar-refractivity contribution >= 4 is 16.9 Å². The number of rotatable bonds is 7. The molecule has 1 amide bonds. The smallest absolute Gasteiger partial charge is 0.255 e. The molecule has 1 N–H and O–H groups in total. The van der Waals surface area contributed by atoms with Crippen molar-refractivity contribution in [2.45, 2.75) is 53.6 Å². The second kappa shape index (κ2) is 9.53. The first-order chi connectivity index (χ1) is 17.4. The quantitative estimate of drug-likeness (QED) is 0.425. The fourth-order valence-electron chi connectivity index (χ4n) is 4.81. The molecule has 0 fully saturated rings. The fraction of sp³-hybridized carbons (Fsp3) is 0.321. The predicted octanol–water partition coefficient (Wildman–Crippen LogP) is 4.11. The molecule has 0 spiro atoms. The van der Waals surface area contributed by atoms with E-state index in [1.807, 2.05) is 74.8 Å². The maximum Gasteiger partial charge on any atom is 0.255 e. The van der Waals surface area contributed by atoms with E-state index < -0.39 is 0 Å². The van der Waals surface area contributed by atoms with Gasteiger partial charge in [-0.1, -0.05) is 23.8 Å². The Morgan fingerprint density at radius 3 is 2.56 bits per heavy atom. The maximum absolute atomic E-state index is 13.5. The van der Waals surface area contributed by atoms with Gasteiger partial charge in [-0.3, -0.25) is 14.2 Å². The highest BCUT2D eigenvalue weighted by atomic mass is 16.7. The zero-order valence-electron chi connectivity index (χ0n) is 21.1. The van der Waals surface area contributed by atoms with Crippen LogP contribution in [-0.4, -0.2) is 27.0 Å². The van der Waals surface area contributed by atoms with Crippen molar-refractivity contribution in [3.63, 3.8) is 0 Å². The molecular weight excluding hydrogens is 456 g/mol. The molecule has 1 aliphatic rings. The zero-order chi connectivity index (χ0) is 25.4. The summed E-state index contributed by atoms with van der Waals surface area (Å²) in [7, 11) is 0. The van der Waals surface area contributed by atoms with Crippen LogP contribution in [0, 0.1) is 20.8 Å². The Balaban J connectivity index is 1.39. The molecule has 0 atom stereocenters. The van der Waals surface area contributed by atoms with Crippen molar-refractivity contribution in [1.82, 2.24) is 19.7 Å². The number of pyridine rings is 1. The third-order valence-electron chi connectivity index (χ3n) is 6.75. The number of aromatic nitrogens is 3. The molecule has 186 valence electrons. The summed E-state index contributed by atoms with van der Waals surface area (Å²) in [5, 5.41) is 8.69. The van der Waals surface area contributed by atoms with Gasteiger partial charge in [0.05, 0.1) is 11.4 Å². The van der Waals surface area contributed by atoms with Gasteiger partial charge in [0.1, 0.15) is 5.65 Å². The van der Waals surface area contributed by atoms with E-state index in [-0.39, 0.29) is 24.7 Å². The van der Waals surface area contributed by atoms with E-state index in [1.165, 1.54) is 0 Å². The van der Waals surface area contributed by atoms with Gasteiger partial charge in [-0.2, -0.15) is 5.10 Å². The van der Waals surface area contributed by atoms with Crippen LogP contribution in [0.25, 0.3) is 16.7 Å². The van der Waals surface area contributed by atoms with Gasteiger partial charge in [0.2, 0.25) is 12.7 Å². The molecule has 0 radical (unpaired) electrons. The third-order valence-corrected chi connectivity index (χ3v) is 6.75. The normalized spacial score (nSPS) is 12.3. The van der Waals surface area contributed by atoms with Gasteiger partial charge in [-0.25, -0.2) is 4.68 Å². The molecule has 0 aliphatic carbocycles. The van der Waals surface area contributed by atoms with Gasteiger partial charge >= 0.3 is 0 Å². The molecule has 2 aromatic heterocycles. The molecular formula is C28H30N4O4. The number of carbonyl (C=O) groups is 1. The first kappa shape index (κ1) is 23.7. The summed E-state index contributed by atoms with van der Waals surface area (Å²) >= 11 is 0. The van der Waals surface area contributed by atoms with Crippen LogP contribution >= 0.6 is 0 Å². The summed E-state index contributed by atoms with van der Waals surface area (Å²) in [6.07, 6.45) is 0.587. The average molecular weight is 487 g/mol. The number of amides is 1. The Hall–Kier alpha value is -4.07. The lowest BCUT2D eigenvalue weighted by Gasteiger charge is -2.14. The van der Waals surface area contributed by atoms with Gasteiger partial charge in [0.15, 0.2) is 11.5 Å². The van der Waals surface area contributed by atoms with Gasteiger partial charge in [0.25, 0.3) is 5.56 Å². The van der Waals surface area contributed by atoms with Gasteiger partial charge < -0.3 is 14.8 Å². The van der Waals surface area contributed by atoms with E-state index >= 15 is 0 Å². The summed E-state index contributed by atoms with van der Waals surface area (Å²) in [6.45, 7) is 9.03. The average Bonchev–Trinajstić information content (AvgIpc) is 3.47. The van der Waals surface area contributed by atoms with Crippen molar-refractivity contribution in [2.24, 2.45) is 0 Å². The standard InChI is InChI=1S/C28H30N4O4/c1-5-31-27-26(19(4)30-32(27)21-9-6-17(2)7-10-21)18(3)22(28(31)34)11-13-25(33)29-15-20-8-12-23-24(14-20)36-16-35-23/h6-10,12,14H,5,11,13,15-16H2,1-4H3,(H,29,33). The largest absolute Gasteiger partial charge is 0.454 e. The number of benzene rings is 2. The van der Waals surface area contributed by atoms with Crippen molar-refractivity contribution in [1.29, 1.82) is 0 Å². The molecule has 0 unspecified atom stereocenters. The third kappa shape index (κ3) is 4.23. The molecule has 1 aliphatic heterocycles. The highest BCUT2D eigenvalue weighted by Gasteiger charge is 2.21. The highest BCUT2D eigenvalue weighted by molar-refractivity contribution is 5.85. The van der Waals surface area contributed by atoms with Crippen LogP contribution in [0.2, 0.25) is 0 Å². The Morgan fingerprint density at radius 2 is 1.81 bits per heavy atom. The Kier molecular flexibility index (Phi) is 6.26. The van der Waals surface area contributed by atoms with E-state index in [4.69, 9.17) is 14.6 Å². The molecule has 4 aromatic rings. The predicted molar refractivity (Wildman–Crippen MR) is 138 cm³/mol. The minimum atomic E-state index is -0.110. The molecule has 3 heterocycles. The molecule has 8 nitrogen and oxygen atoms in total. The van der Waals surface area contributed by atoms with Crippen molar-refractivity contribution in [2.75, 3.05) is 6.79 Å². The van der Waals surface area contributed by atoms with Crippen LogP contribution in [0.1, 0.15) is 41.3 Å². The summed E-state index contributed by atoms with van der Waals surface area (Å²) in [6, 6.07) is 13.7. The summed E-state index contributed by atoms with van der Waals surface area (Å²) < 4.78 is 14.3. The van der Waals surface area contributed by atoms with Crippen LogP contribution in [-0.2, 0) is 24.3 Å². The zero-order valence-corrected chi connectivity index (χ0v) is 21.1. The van der Waals surface area contributed by atoms with Crippen molar-refractivity contribution in [3.05, 3.63) is 80.8 Å². The molecule has 0 saturated carbocycles. The van der Waals surface area contributed by atoms with Gasteiger partial charge in [0, 0.05) is 30.5 Å². The molecule has 36 heavy (non-hydrogen) atoms. The molecule has 8 heteroatoms. The van der Waals surface area contributed by atoms with E-state index in [1.54, 1.807) is 4.57 Å². The lowest BCUT2D eigenvalue weighted by atomic mass is 10.0. The molecule has 0 saturated heterocycles. The second-order valence-electron chi connectivity index (χ2n) is 9.15. The Labute approximate surface area is 209 Å². The molecule has 5 rings (SSSR count). The van der Waals surface area contributed by atoms with Crippen molar-refractivity contribution in [3.8, 4) is 17.2 Å². The summed E-state index contributed by atoms with van der Waals surface area (Å²) in [4.78, 5) is 26.2. The number of hydrogen-bond acceptors (Lipinski definition) is 5. The van der Waals surface area contributed by atoms with Crippen LogP contribution in [0.3, 0.4) is 0 Å². The first-order valence-electron chi connectivity index (χ1n) is 12.2. The second-order valence-corrected chi connectivity index (χ2v) is 9.15. The number of aryl methyl sites for hydroxylation is 4. The lowest BCUT2D eigenvalue weighted by Crippen LogP contribution is -2.28. The fourth-order valence-corrected chi connectivity index (χ4v) is 4.81. The topological polar surface area (TPSA) is 87.4 Å². The van der Waals surface area contributed by atoms with Crippen LogP contribution < -0.4 is 20.3 Å². The van der Waals surface area contributed by atoms with Crippen LogP contribution in [0.4, 0.5) is 0 Å². The molecule has 0 bridgehead atoms. The summed E-state index contributed by atoms with van der Waals surface area (Å²) in [5.41, 5.74) is 6.13. The van der Waals surface area contributed by atoms with Crippen LogP contribution in [0.15, 0.2) is 47.3 Å². The van der Waals surface area contributed by atoms with Gasteiger partial charge in [-0.05, 0) is 69.5 Å². The minimum Gasteiger partial charge on any atom is -0.454 e. The number of fused-ring (bicyclic) bond motifs is 2. The van der Waals surface area contributed by atoms with E-state index in [0.29, 0.717) is 36.6 Å². The monoisotopic (exact) mass is 486 g/mol. The van der Waals surface area contributed by atoms with E-state index in [0.717, 1.165) is 39.1 Å². The summed E-state index contributed by atoms with van der Waals surface area (Å²) in [5.74, 6) is 1.29. The lowest BCUT2D eigenvalue weighted by molar-refractivity contribution is -0.121. The Bertz CT molecular complexity index is 1520. The number of nitrogens with zero attached hydrogens (tertiary/aromatic N) is 3. The maximum atomic E-state index is 13.5. The number of ether oxygens (including phenoxy) is 2.